The van der Waals surface area contributed by atoms with Gasteiger partial charge in [0.25, 0.3) is 0 Å². The van der Waals surface area contributed by atoms with Gasteiger partial charge in [0.15, 0.2) is 0 Å². The molecule has 1 aliphatic rings. The number of aryl methyl sites for hydroxylation is 1. The third kappa shape index (κ3) is 2.91. The molecule has 124 valence electrons. The normalized spacial score (nSPS) is 19.0. The fourth-order valence-corrected chi connectivity index (χ4v) is 3.80. The highest BCUT2D eigenvalue weighted by Gasteiger charge is 2.23. The molecule has 0 amide bonds. The maximum Gasteiger partial charge on any atom is 0.123 e. The number of likely N-dealkylation sites (tertiary alicyclic amines) is 1. The topological polar surface area (TPSA) is 34.0 Å². The van der Waals surface area contributed by atoms with Crippen LogP contribution < -0.4 is 0 Å². The zero-order valence-corrected chi connectivity index (χ0v) is 13.8. The Balaban J connectivity index is 1.56. The predicted octanol–water partition coefficient (Wildman–Crippen LogP) is 3.49. The summed E-state index contributed by atoms with van der Waals surface area (Å²) in [6.07, 6.45) is 7.89. The van der Waals surface area contributed by atoms with E-state index in [-0.39, 0.29) is 5.82 Å². The van der Waals surface area contributed by atoms with Crippen molar-refractivity contribution in [3.63, 3.8) is 0 Å². The van der Waals surface area contributed by atoms with E-state index < -0.39 is 0 Å². The minimum Gasteiger partial charge on any atom is -0.350 e. The van der Waals surface area contributed by atoms with Crippen molar-refractivity contribution in [2.45, 2.75) is 25.3 Å². The van der Waals surface area contributed by atoms with Gasteiger partial charge in [-0.05, 0) is 49.2 Å². The van der Waals surface area contributed by atoms with Crippen molar-refractivity contribution in [2.24, 2.45) is 7.05 Å². The lowest BCUT2D eigenvalue weighted by molar-refractivity contribution is 0.199. The van der Waals surface area contributed by atoms with Crippen LogP contribution in [0, 0.1) is 5.82 Å². The number of fused-ring (bicyclic) bond motifs is 1. The lowest BCUT2D eigenvalue weighted by atomic mass is 9.94. The molecule has 3 heterocycles. The number of piperidine rings is 1. The van der Waals surface area contributed by atoms with Gasteiger partial charge in [0.1, 0.15) is 12.1 Å². The Morgan fingerprint density at radius 3 is 3.04 bits per heavy atom. The van der Waals surface area contributed by atoms with Crippen LogP contribution >= 0.6 is 0 Å². The first-order chi connectivity index (χ1) is 11.7. The average Bonchev–Trinajstić information content (AvgIpc) is 2.91. The molecule has 0 saturated carbocycles. The van der Waals surface area contributed by atoms with E-state index in [4.69, 9.17) is 0 Å². The summed E-state index contributed by atoms with van der Waals surface area (Å²) in [4.78, 5) is 10.9. The Morgan fingerprint density at radius 2 is 2.21 bits per heavy atom. The summed E-state index contributed by atoms with van der Waals surface area (Å²) < 4.78 is 15.7. The minimum atomic E-state index is -0.174. The van der Waals surface area contributed by atoms with Crippen LogP contribution in [0.25, 0.3) is 10.9 Å². The molecule has 0 bridgehead atoms. The first-order valence-electron chi connectivity index (χ1n) is 8.42. The van der Waals surface area contributed by atoms with Crippen LogP contribution in [0.15, 0.2) is 43.0 Å². The molecule has 1 fully saturated rings. The maximum absolute atomic E-state index is 13.7. The second-order valence-corrected chi connectivity index (χ2v) is 6.64. The number of rotatable bonds is 3. The number of nitrogens with zero attached hydrogens (tertiary/aromatic N) is 4. The second kappa shape index (κ2) is 6.32. The molecule has 0 radical (unpaired) electrons. The third-order valence-electron chi connectivity index (χ3n) is 4.96. The lowest BCUT2D eigenvalue weighted by Gasteiger charge is -2.32. The Morgan fingerprint density at radius 1 is 1.29 bits per heavy atom. The van der Waals surface area contributed by atoms with Crippen LogP contribution in [0.1, 0.15) is 30.0 Å². The maximum atomic E-state index is 13.7. The van der Waals surface area contributed by atoms with E-state index in [0.29, 0.717) is 5.92 Å². The van der Waals surface area contributed by atoms with Gasteiger partial charge in [-0.15, -0.1) is 0 Å². The smallest absolute Gasteiger partial charge is 0.123 e. The van der Waals surface area contributed by atoms with Gasteiger partial charge in [0.05, 0.1) is 0 Å². The Bertz CT molecular complexity index is 843. The van der Waals surface area contributed by atoms with Crippen molar-refractivity contribution in [1.82, 2.24) is 19.4 Å². The summed E-state index contributed by atoms with van der Waals surface area (Å²) in [6, 6.07) is 7.05. The van der Waals surface area contributed by atoms with Gasteiger partial charge in [-0.2, -0.15) is 0 Å². The van der Waals surface area contributed by atoms with Crippen LogP contribution in [-0.2, 0) is 13.6 Å². The van der Waals surface area contributed by atoms with Crippen LogP contribution in [0.5, 0.6) is 0 Å². The van der Waals surface area contributed by atoms with Gasteiger partial charge >= 0.3 is 0 Å². The molecular weight excluding hydrogens is 303 g/mol. The predicted molar refractivity (Wildman–Crippen MR) is 92.2 cm³/mol. The van der Waals surface area contributed by atoms with Crippen molar-refractivity contribution < 1.29 is 4.39 Å². The summed E-state index contributed by atoms with van der Waals surface area (Å²) in [5.41, 5.74) is 3.39. The number of halogens is 1. The average molecular weight is 324 g/mol. The minimum absolute atomic E-state index is 0.174. The molecule has 1 aromatic carbocycles. The summed E-state index contributed by atoms with van der Waals surface area (Å²) in [6.45, 7) is 2.92. The van der Waals surface area contributed by atoms with Crippen LogP contribution in [-0.4, -0.2) is 32.5 Å². The SMILES string of the molecule is Cn1cc(CN2CCCC(c3ccncn3)C2)c2cc(F)ccc21. The fourth-order valence-electron chi connectivity index (χ4n) is 3.80. The van der Waals surface area contributed by atoms with Crippen LogP contribution in [0.3, 0.4) is 0 Å². The molecule has 1 atom stereocenters. The standard InChI is InChI=1S/C19H21FN4/c1-23-10-15(17-9-16(20)4-5-19(17)23)12-24-8-2-3-14(11-24)18-6-7-21-13-22-18/h4-7,9-10,13-14H,2-3,8,11-12H2,1H3. The Kier molecular flexibility index (Phi) is 4.02. The van der Waals surface area contributed by atoms with Gasteiger partial charge in [0, 0.05) is 55.0 Å². The molecule has 4 nitrogen and oxygen atoms in total. The second-order valence-electron chi connectivity index (χ2n) is 6.64. The molecule has 0 spiro atoms. The molecule has 1 aliphatic heterocycles. The number of aromatic nitrogens is 3. The highest BCUT2D eigenvalue weighted by atomic mass is 19.1. The molecule has 0 N–H and O–H groups in total. The highest BCUT2D eigenvalue weighted by Crippen LogP contribution is 2.28. The van der Waals surface area contributed by atoms with Crippen molar-refractivity contribution in [1.29, 1.82) is 0 Å². The Hall–Kier alpha value is -2.27. The third-order valence-corrected chi connectivity index (χ3v) is 4.96. The van der Waals surface area contributed by atoms with E-state index in [1.807, 2.05) is 25.4 Å². The van der Waals surface area contributed by atoms with E-state index in [1.165, 1.54) is 11.6 Å². The number of hydrogen-bond acceptors (Lipinski definition) is 3. The van der Waals surface area contributed by atoms with E-state index in [0.717, 1.165) is 49.1 Å². The molecule has 24 heavy (non-hydrogen) atoms. The van der Waals surface area contributed by atoms with E-state index in [2.05, 4.69) is 25.6 Å². The van der Waals surface area contributed by atoms with Crippen molar-refractivity contribution >= 4 is 10.9 Å². The van der Waals surface area contributed by atoms with E-state index in [1.54, 1.807) is 12.4 Å². The molecule has 1 unspecified atom stereocenters. The van der Waals surface area contributed by atoms with Crippen molar-refractivity contribution in [3.8, 4) is 0 Å². The van der Waals surface area contributed by atoms with Gasteiger partial charge < -0.3 is 4.57 Å². The molecule has 2 aromatic heterocycles. The molecule has 1 saturated heterocycles. The van der Waals surface area contributed by atoms with Crippen molar-refractivity contribution in [3.05, 3.63) is 60.1 Å². The van der Waals surface area contributed by atoms with Gasteiger partial charge in [0.2, 0.25) is 0 Å². The zero-order valence-electron chi connectivity index (χ0n) is 13.8. The van der Waals surface area contributed by atoms with Gasteiger partial charge in [-0.25, -0.2) is 14.4 Å². The molecular formula is C19H21FN4. The van der Waals surface area contributed by atoms with Crippen molar-refractivity contribution in [2.75, 3.05) is 13.1 Å². The molecule has 3 aromatic rings. The van der Waals surface area contributed by atoms with E-state index in [9.17, 15) is 4.39 Å². The quantitative estimate of drug-likeness (QED) is 0.739. The summed E-state index contributed by atoms with van der Waals surface area (Å²) >= 11 is 0. The monoisotopic (exact) mass is 324 g/mol. The van der Waals surface area contributed by atoms with Gasteiger partial charge in [-0.1, -0.05) is 0 Å². The van der Waals surface area contributed by atoms with Crippen LogP contribution in [0.2, 0.25) is 0 Å². The van der Waals surface area contributed by atoms with E-state index >= 15 is 0 Å². The first-order valence-corrected chi connectivity index (χ1v) is 8.42. The summed E-state index contributed by atoms with van der Waals surface area (Å²) in [5.74, 6) is 0.279. The molecule has 4 rings (SSSR count). The highest BCUT2D eigenvalue weighted by molar-refractivity contribution is 5.84. The fraction of sp³-hybridized carbons (Fsp3) is 0.368. The van der Waals surface area contributed by atoms with Crippen LogP contribution in [0.4, 0.5) is 4.39 Å². The first kappa shape index (κ1) is 15.3. The number of benzene rings is 1. The molecule has 0 aliphatic carbocycles. The lowest BCUT2D eigenvalue weighted by Crippen LogP contribution is -2.34. The van der Waals surface area contributed by atoms with Gasteiger partial charge in [-0.3, -0.25) is 4.90 Å². The summed E-state index contributed by atoms with van der Waals surface area (Å²) in [7, 11) is 2.02. The number of hydrogen-bond donors (Lipinski definition) is 0. The summed E-state index contributed by atoms with van der Waals surface area (Å²) in [5, 5.41) is 1.02. The Labute approximate surface area is 141 Å². The zero-order chi connectivity index (χ0) is 16.5. The largest absolute Gasteiger partial charge is 0.350 e. The molecule has 5 heteroatoms.